The van der Waals surface area contributed by atoms with Gasteiger partial charge in [0.05, 0.1) is 47.8 Å². The minimum Gasteiger partial charge on any atom is -0.395 e. The molecule has 2 saturated heterocycles. The number of ether oxygens (including phenoxy) is 1. The predicted molar refractivity (Wildman–Crippen MR) is 168 cm³/mol. The van der Waals surface area contributed by atoms with Gasteiger partial charge in [-0.25, -0.2) is 8.42 Å². The fourth-order valence-corrected chi connectivity index (χ4v) is 7.39. The van der Waals surface area contributed by atoms with Crippen LogP contribution in [0.1, 0.15) is 55.5 Å². The van der Waals surface area contributed by atoms with Gasteiger partial charge in [0.2, 0.25) is 10.0 Å². The van der Waals surface area contributed by atoms with E-state index in [4.69, 9.17) is 4.74 Å². The number of morpholine rings is 1. The van der Waals surface area contributed by atoms with Crippen LogP contribution >= 0.6 is 0 Å². The SMILES string of the molecule is C[C@@H]1CN(c2cc(C(=O)Nc3ccc(NS(=O)(=O)[C@H](C)CO)cc3N3CCC4(CC3)CC4)cc3c2N(C)CC3)CCO1. The van der Waals surface area contributed by atoms with Crippen molar-refractivity contribution in [2.24, 2.45) is 5.41 Å². The topological polar surface area (TPSA) is 114 Å². The molecule has 2 aromatic rings. The van der Waals surface area contributed by atoms with Crippen molar-refractivity contribution in [3.63, 3.8) is 0 Å². The summed E-state index contributed by atoms with van der Waals surface area (Å²) in [4.78, 5) is 20.7. The molecule has 1 spiro atoms. The Morgan fingerprint density at radius 3 is 2.52 bits per heavy atom. The lowest BCUT2D eigenvalue weighted by Gasteiger charge is -2.35. The van der Waals surface area contributed by atoms with Crippen molar-refractivity contribution in [2.75, 3.05) is 77.7 Å². The van der Waals surface area contributed by atoms with E-state index in [0.717, 1.165) is 63.4 Å². The van der Waals surface area contributed by atoms with Crippen molar-refractivity contribution < 1.29 is 23.1 Å². The lowest BCUT2D eigenvalue weighted by molar-refractivity contribution is 0.0532. The highest BCUT2D eigenvalue weighted by molar-refractivity contribution is 7.93. The molecule has 3 heterocycles. The number of fused-ring (bicyclic) bond motifs is 1. The number of hydrogen-bond acceptors (Lipinski definition) is 8. The lowest BCUT2D eigenvalue weighted by atomic mass is 9.93. The van der Waals surface area contributed by atoms with Gasteiger partial charge >= 0.3 is 0 Å². The molecule has 42 heavy (non-hydrogen) atoms. The number of carbonyl (C=O) groups excluding carboxylic acids is 1. The Morgan fingerprint density at radius 2 is 1.83 bits per heavy atom. The second kappa shape index (κ2) is 11.2. The van der Waals surface area contributed by atoms with Crippen LogP contribution in [0, 0.1) is 5.41 Å². The van der Waals surface area contributed by atoms with Crippen LogP contribution in [0.2, 0.25) is 0 Å². The van der Waals surface area contributed by atoms with Gasteiger partial charge in [-0.1, -0.05) is 0 Å². The van der Waals surface area contributed by atoms with Crippen LogP contribution < -0.4 is 24.7 Å². The Bertz CT molecular complexity index is 1450. The number of rotatable bonds is 8. The maximum Gasteiger partial charge on any atom is 0.255 e. The number of nitrogens with one attached hydrogen (secondary N) is 2. The number of aliphatic hydroxyl groups excluding tert-OH is 1. The van der Waals surface area contributed by atoms with Crippen molar-refractivity contribution in [3.05, 3.63) is 41.5 Å². The molecule has 11 heteroatoms. The zero-order chi connectivity index (χ0) is 29.6. The van der Waals surface area contributed by atoms with Crippen LogP contribution in [0.3, 0.4) is 0 Å². The molecule has 0 bridgehead atoms. The van der Waals surface area contributed by atoms with Gasteiger partial charge in [0.1, 0.15) is 5.25 Å². The van der Waals surface area contributed by atoms with E-state index in [1.165, 1.54) is 31.0 Å². The van der Waals surface area contributed by atoms with Crippen molar-refractivity contribution in [2.45, 2.75) is 57.3 Å². The molecule has 228 valence electrons. The Balaban J connectivity index is 1.30. The van der Waals surface area contributed by atoms with E-state index in [9.17, 15) is 18.3 Å². The lowest BCUT2D eigenvalue weighted by Crippen LogP contribution is -2.41. The van der Waals surface area contributed by atoms with Crippen LogP contribution in [0.5, 0.6) is 0 Å². The largest absolute Gasteiger partial charge is 0.395 e. The summed E-state index contributed by atoms with van der Waals surface area (Å²) in [6, 6.07) is 9.27. The fourth-order valence-electron chi connectivity index (χ4n) is 6.54. The zero-order valence-electron chi connectivity index (χ0n) is 24.9. The van der Waals surface area contributed by atoms with Crippen molar-refractivity contribution >= 4 is 44.4 Å². The average molecular weight is 598 g/mol. The molecule has 1 amide bonds. The standard InChI is InChI=1S/C31H43N5O5S/c1-21-19-36(14-15-41-21)28-17-24(16-23-6-11-34(3)29(23)28)30(38)32-26-5-4-25(33-42(39,40)22(2)20-37)18-27(26)35-12-9-31(7-8-31)10-13-35/h4-5,16-18,21-22,33,37H,6-15,19-20H2,1-3H3,(H,32,38)/t21-,22-/m1/s1. The van der Waals surface area contributed by atoms with Crippen LogP contribution in [0.15, 0.2) is 30.3 Å². The molecule has 0 radical (unpaired) electrons. The molecular weight excluding hydrogens is 554 g/mol. The number of piperidine rings is 1. The highest BCUT2D eigenvalue weighted by Gasteiger charge is 2.44. The fraction of sp³-hybridized carbons (Fsp3) is 0.581. The number of hydrogen-bond donors (Lipinski definition) is 3. The first-order valence-corrected chi connectivity index (χ1v) is 16.7. The third-order valence-corrected chi connectivity index (χ3v) is 11.3. The number of anilines is 5. The summed E-state index contributed by atoms with van der Waals surface area (Å²) >= 11 is 0. The summed E-state index contributed by atoms with van der Waals surface area (Å²) < 4.78 is 33.8. The molecule has 3 fully saturated rings. The van der Waals surface area contributed by atoms with Gasteiger partial charge in [-0.3, -0.25) is 9.52 Å². The second-order valence-electron chi connectivity index (χ2n) is 12.6. The summed E-state index contributed by atoms with van der Waals surface area (Å²) in [6.07, 6.45) is 5.76. The van der Waals surface area contributed by atoms with Crippen LogP contribution in [-0.2, 0) is 21.2 Å². The normalized spacial score (nSPS) is 22.2. The van der Waals surface area contributed by atoms with E-state index in [1.807, 2.05) is 12.1 Å². The molecule has 2 aromatic carbocycles. The van der Waals surface area contributed by atoms with E-state index in [0.29, 0.717) is 29.0 Å². The summed E-state index contributed by atoms with van der Waals surface area (Å²) in [5.41, 5.74) is 6.40. The minimum absolute atomic E-state index is 0.122. The molecular formula is C31H43N5O5S. The molecule has 1 saturated carbocycles. The van der Waals surface area contributed by atoms with E-state index in [-0.39, 0.29) is 12.0 Å². The summed E-state index contributed by atoms with van der Waals surface area (Å²) in [5.74, 6) is -0.186. The Labute approximate surface area is 249 Å². The summed E-state index contributed by atoms with van der Waals surface area (Å²) in [5, 5.41) is 11.6. The number of carbonyl (C=O) groups is 1. The number of sulfonamides is 1. The number of amides is 1. The molecule has 0 aromatic heterocycles. The van der Waals surface area contributed by atoms with Gasteiger partial charge in [0, 0.05) is 45.3 Å². The van der Waals surface area contributed by atoms with Gasteiger partial charge in [0.25, 0.3) is 5.91 Å². The molecule has 10 nitrogen and oxygen atoms in total. The van der Waals surface area contributed by atoms with E-state index < -0.39 is 21.9 Å². The quantitative estimate of drug-likeness (QED) is 0.423. The molecule has 1 aliphatic carbocycles. The van der Waals surface area contributed by atoms with Gasteiger partial charge in [-0.15, -0.1) is 0 Å². The Kier molecular flexibility index (Phi) is 7.78. The maximum atomic E-state index is 13.9. The van der Waals surface area contributed by atoms with E-state index >= 15 is 0 Å². The maximum absolute atomic E-state index is 13.9. The molecule has 6 rings (SSSR count). The van der Waals surface area contributed by atoms with Gasteiger partial charge in [-0.05, 0) is 87.3 Å². The van der Waals surface area contributed by atoms with E-state index in [2.05, 4.69) is 38.7 Å². The molecule has 3 aliphatic heterocycles. The van der Waals surface area contributed by atoms with Crippen molar-refractivity contribution in [3.8, 4) is 0 Å². The number of aliphatic hydroxyl groups is 1. The van der Waals surface area contributed by atoms with Gasteiger partial charge < -0.3 is 29.9 Å². The second-order valence-corrected chi connectivity index (χ2v) is 14.7. The third kappa shape index (κ3) is 5.78. The molecule has 3 N–H and O–H groups in total. The monoisotopic (exact) mass is 597 g/mol. The van der Waals surface area contributed by atoms with Crippen molar-refractivity contribution in [1.29, 1.82) is 0 Å². The van der Waals surface area contributed by atoms with Crippen LogP contribution in [-0.4, -0.2) is 83.8 Å². The van der Waals surface area contributed by atoms with Crippen molar-refractivity contribution in [1.82, 2.24) is 0 Å². The van der Waals surface area contributed by atoms with Crippen LogP contribution in [0.4, 0.5) is 28.4 Å². The Morgan fingerprint density at radius 1 is 1.07 bits per heavy atom. The summed E-state index contributed by atoms with van der Waals surface area (Å²) in [7, 11) is -1.65. The predicted octanol–water partition coefficient (Wildman–Crippen LogP) is 3.66. The Hall–Kier alpha value is -3.02. The zero-order valence-corrected chi connectivity index (χ0v) is 25.7. The molecule has 2 atom stereocenters. The molecule has 4 aliphatic rings. The summed E-state index contributed by atoms with van der Waals surface area (Å²) in [6.45, 7) is 7.93. The molecule has 0 unspecified atom stereocenters. The smallest absolute Gasteiger partial charge is 0.255 e. The first kappa shape index (κ1) is 29.1. The first-order chi connectivity index (χ1) is 20.1. The highest BCUT2D eigenvalue weighted by Crippen LogP contribution is 2.54. The van der Waals surface area contributed by atoms with Crippen LogP contribution in [0.25, 0.3) is 0 Å². The average Bonchev–Trinajstić information content (AvgIpc) is 3.63. The minimum atomic E-state index is -3.75. The first-order valence-electron chi connectivity index (χ1n) is 15.1. The number of benzene rings is 2. The number of likely N-dealkylation sites (N-methyl/N-ethyl adjacent to an activating group) is 1. The van der Waals surface area contributed by atoms with E-state index in [1.54, 1.807) is 18.2 Å². The highest BCUT2D eigenvalue weighted by atomic mass is 32.2. The van der Waals surface area contributed by atoms with Gasteiger partial charge in [-0.2, -0.15) is 0 Å². The third-order valence-electron chi connectivity index (χ3n) is 9.53. The van der Waals surface area contributed by atoms with Gasteiger partial charge in [0.15, 0.2) is 0 Å². The number of nitrogens with zero attached hydrogens (tertiary/aromatic N) is 3.